The number of hydrogen-bond acceptors (Lipinski definition) is 2. The Kier molecular flexibility index (Phi) is 6.43. The van der Waals surface area contributed by atoms with Crippen molar-refractivity contribution in [1.29, 1.82) is 0 Å². The molecule has 0 saturated heterocycles. The third kappa shape index (κ3) is 3.96. The van der Waals surface area contributed by atoms with Gasteiger partial charge in [-0.3, -0.25) is 0 Å². The summed E-state index contributed by atoms with van der Waals surface area (Å²) >= 11 is 3.01. The molecule has 0 heterocycles. The average Bonchev–Trinajstić information content (AvgIpc) is 1.98. The maximum Gasteiger partial charge on any atom is 1.00 e. The van der Waals surface area contributed by atoms with Gasteiger partial charge < -0.3 is 15.2 Å². The van der Waals surface area contributed by atoms with Crippen LogP contribution in [0.15, 0.2) is 16.6 Å². The zero-order valence-electron chi connectivity index (χ0n) is 7.73. The van der Waals surface area contributed by atoms with Crippen LogP contribution in [0.3, 0.4) is 0 Å². The summed E-state index contributed by atoms with van der Waals surface area (Å²) in [5.41, 5.74) is 0.780. The minimum Gasteiger partial charge on any atom is -0.530 e. The van der Waals surface area contributed by atoms with Crippen LogP contribution in [0.25, 0.3) is 0 Å². The van der Waals surface area contributed by atoms with Crippen molar-refractivity contribution in [2.24, 2.45) is 0 Å². The molecule has 70 valence electrons. The Bertz CT molecular complexity index is 336. The van der Waals surface area contributed by atoms with E-state index in [0.29, 0.717) is 10.0 Å². The molecule has 3 nitrogen and oxygen atoms in total. The zero-order chi connectivity index (χ0) is 10.0. The SMILES string of the molecule is Cc1cc(NC(=O)[O-])cc(F)c1Br.[K+]. The summed E-state index contributed by atoms with van der Waals surface area (Å²) in [6.45, 7) is 1.66. The van der Waals surface area contributed by atoms with E-state index in [-0.39, 0.29) is 57.1 Å². The van der Waals surface area contributed by atoms with E-state index in [1.165, 1.54) is 6.07 Å². The first-order valence-electron chi connectivity index (χ1n) is 3.44. The Hall–Kier alpha value is 0.536. The summed E-state index contributed by atoms with van der Waals surface area (Å²) in [4.78, 5) is 10.1. The molecular formula is C8H6BrFKNO2. The van der Waals surface area contributed by atoms with Gasteiger partial charge in [-0.15, -0.1) is 0 Å². The van der Waals surface area contributed by atoms with E-state index in [1.807, 2.05) is 5.32 Å². The van der Waals surface area contributed by atoms with Gasteiger partial charge in [0.05, 0.1) is 4.47 Å². The summed E-state index contributed by atoms with van der Waals surface area (Å²) in [5.74, 6) is -0.510. The third-order valence-electron chi connectivity index (χ3n) is 1.46. The number of carbonyl (C=O) groups excluding carboxylic acids is 1. The van der Waals surface area contributed by atoms with E-state index >= 15 is 0 Å². The normalized spacial score (nSPS) is 9.07. The Balaban J connectivity index is 0.00000169. The van der Waals surface area contributed by atoms with E-state index in [0.717, 1.165) is 6.07 Å². The number of amides is 1. The Morgan fingerprint density at radius 2 is 2.14 bits per heavy atom. The number of carbonyl (C=O) groups is 1. The molecule has 0 unspecified atom stereocenters. The second-order valence-corrected chi connectivity index (χ2v) is 3.29. The zero-order valence-corrected chi connectivity index (χ0v) is 12.4. The van der Waals surface area contributed by atoms with Crippen molar-refractivity contribution in [1.82, 2.24) is 0 Å². The van der Waals surface area contributed by atoms with E-state index in [2.05, 4.69) is 15.9 Å². The van der Waals surface area contributed by atoms with Crippen LogP contribution in [0.4, 0.5) is 14.9 Å². The number of halogens is 2. The largest absolute Gasteiger partial charge is 1.00 e. The van der Waals surface area contributed by atoms with Crippen LogP contribution in [-0.2, 0) is 0 Å². The summed E-state index contributed by atoms with van der Waals surface area (Å²) in [7, 11) is 0. The Morgan fingerprint density at radius 1 is 1.57 bits per heavy atom. The van der Waals surface area contributed by atoms with Crippen molar-refractivity contribution in [3.63, 3.8) is 0 Å². The van der Waals surface area contributed by atoms with Crippen LogP contribution < -0.4 is 61.8 Å². The molecule has 14 heavy (non-hydrogen) atoms. The standard InChI is InChI=1S/C8H7BrFNO2.K/c1-4-2-5(11-8(12)13)3-6(10)7(4)9;/h2-3,11H,1H3,(H,12,13);/q;+1/p-1. The predicted octanol–water partition coefficient (Wildman–Crippen LogP) is -1.34. The number of carboxylic acid groups (broad SMARTS) is 1. The van der Waals surface area contributed by atoms with E-state index in [1.54, 1.807) is 6.92 Å². The number of aryl methyl sites for hydroxylation is 1. The predicted molar refractivity (Wildman–Crippen MR) is 47.9 cm³/mol. The molecule has 1 aromatic carbocycles. The van der Waals surface area contributed by atoms with Gasteiger partial charge in [-0.25, -0.2) is 4.39 Å². The molecule has 0 spiro atoms. The van der Waals surface area contributed by atoms with Gasteiger partial charge in [0.25, 0.3) is 0 Å². The fourth-order valence-corrected chi connectivity index (χ4v) is 1.15. The molecule has 6 heteroatoms. The van der Waals surface area contributed by atoms with Gasteiger partial charge in [0.2, 0.25) is 0 Å². The monoisotopic (exact) mass is 285 g/mol. The first kappa shape index (κ1) is 14.5. The van der Waals surface area contributed by atoms with Gasteiger partial charge >= 0.3 is 51.4 Å². The number of hydrogen-bond donors (Lipinski definition) is 1. The molecule has 1 rings (SSSR count). The molecule has 0 aliphatic rings. The van der Waals surface area contributed by atoms with Gasteiger partial charge in [-0.05, 0) is 40.5 Å². The first-order chi connectivity index (χ1) is 6.00. The van der Waals surface area contributed by atoms with Gasteiger partial charge in [0.1, 0.15) is 11.9 Å². The van der Waals surface area contributed by atoms with Crippen molar-refractivity contribution < 1.29 is 65.7 Å². The van der Waals surface area contributed by atoms with Crippen molar-refractivity contribution >= 4 is 27.7 Å². The molecule has 0 aliphatic heterocycles. The molecule has 0 fully saturated rings. The van der Waals surface area contributed by atoms with Crippen LogP contribution in [0.2, 0.25) is 0 Å². The molecule has 1 N–H and O–H groups in total. The Labute approximate surface area is 132 Å². The summed E-state index contributed by atoms with van der Waals surface area (Å²) in [5, 5.41) is 12.1. The summed E-state index contributed by atoms with van der Waals surface area (Å²) < 4.78 is 13.3. The van der Waals surface area contributed by atoms with Crippen molar-refractivity contribution in [2.75, 3.05) is 5.32 Å². The fourth-order valence-electron chi connectivity index (χ4n) is 0.917. The maximum atomic E-state index is 13.0. The Morgan fingerprint density at radius 3 is 2.57 bits per heavy atom. The topological polar surface area (TPSA) is 52.2 Å². The second kappa shape index (κ2) is 6.19. The quantitative estimate of drug-likeness (QED) is 0.649. The van der Waals surface area contributed by atoms with Crippen molar-refractivity contribution in [3.05, 3.63) is 28.0 Å². The van der Waals surface area contributed by atoms with Gasteiger partial charge in [-0.2, -0.15) is 0 Å². The van der Waals surface area contributed by atoms with Crippen LogP contribution in [0, 0.1) is 12.7 Å². The van der Waals surface area contributed by atoms with Crippen LogP contribution >= 0.6 is 15.9 Å². The molecular weight excluding hydrogens is 280 g/mol. The summed E-state index contributed by atoms with van der Waals surface area (Å²) in [6, 6.07) is 2.58. The fraction of sp³-hybridized carbons (Fsp3) is 0.125. The van der Waals surface area contributed by atoms with Gasteiger partial charge in [0.15, 0.2) is 0 Å². The number of nitrogens with one attached hydrogen (secondary N) is 1. The molecule has 1 amide bonds. The van der Waals surface area contributed by atoms with Crippen molar-refractivity contribution in [2.45, 2.75) is 6.92 Å². The first-order valence-corrected chi connectivity index (χ1v) is 4.23. The molecule has 0 atom stereocenters. The molecule has 0 bridgehead atoms. The maximum absolute atomic E-state index is 13.0. The number of rotatable bonds is 1. The minimum atomic E-state index is -1.46. The van der Waals surface area contributed by atoms with Crippen LogP contribution in [-0.4, -0.2) is 6.09 Å². The smallest absolute Gasteiger partial charge is 0.530 e. The van der Waals surface area contributed by atoms with E-state index in [9.17, 15) is 14.3 Å². The van der Waals surface area contributed by atoms with E-state index in [4.69, 9.17) is 0 Å². The van der Waals surface area contributed by atoms with Gasteiger partial charge in [-0.1, -0.05) is 0 Å². The van der Waals surface area contributed by atoms with Crippen LogP contribution in [0.5, 0.6) is 0 Å². The molecule has 0 radical (unpaired) electrons. The molecule has 0 saturated carbocycles. The molecule has 0 aromatic heterocycles. The minimum absolute atomic E-state index is 0. The van der Waals surface area contributed by atoms with Crippen molar-refractivity contribution in [3.8, 4) is 0 Å². The summed E-state index contributed by atoms with van der Waals surface area (Å²) in [6.07, 6.45) is -1.46. The number of anilines is 1. The van der Waals surface area contributed by atoms with Gasteiger partial charge in [0, 0.05) is 5.69 Å². The van der Waals surface area contributed by atoms with Crippen LogP contribution in [0.1, 0.15) is 5.56 Å². The number of benzene rings is 1. The molecule has 1 aromatic rings. The average molecular weight is 286 g/mol. The van der Waals surface area contributed by atoms with E-state index < -0.39 is 11.9 Å². The molecule has 0 aliphatic carbocycles. The third-order valence-corrected chi connectivity index (χ3v) is 2.46. The second-order valence-electron chi connectivity index (χ2n) is 2.50.